The van der Waals surface area contributed by atoms with Gasteiger partial charge in [0.1, 0.15) is 5.70 Å². The molecule has 0 radical (unpaired) electrons. The molecule has 5 nitrogen and oxygen atoms in total. The van der Waals surface area contributed by atoms with E-state index in [1.807, 2.05) is 26.0 Å². The van der Waals surface area contributed by atoms with E-state index in [1.165, 1.54) is 4.90 Å². The molecule has 0 spiro atoms. The molecule has 2 unspecified atom stereocenters. The van der Waals surface area contributed by atoms with E-state index in [0.717, 1.165) is 55.6 Å². The number of nitrogens with zero attached hydrogens (tertiary/aromatic N) is 2. The second-order valence-corrected chi connectivity index (χ2v) is 9.47. The van der Waals surface area contributed by atoms with Gasteiger partial charge in [0.05, 0.1) is 5.57 Å². The molecule has 1 saturated heterocycles. The predicted molar refractivity (Wildman–Crippen MR) is 124 cm³/mol. The Balaban J connectivity index is 1.88. The van der Waals surface area contributed by atoms with Crippen molar-refractivity contribution < 1.29 is 14.3 Å². The largest absolute Gasteiger partial charge is 0.381 e. The third kappa shape index (κ3) is 5.38. The molecule has 0 bridgehead atoms. The van der Waals surface area contributed by atoms with Crippen LogP contribution in [-0.2, 0) is 14.3 Å². The molecule has 1 fully saturated rings. The van der Waals surface area contributed by atoms with Gasteiger partial charge in [0.2, 0.25) is 0 Å². The van der Waals surface area contributed by atoms with Crippen molar-refractivity contribution in [3.8, 4) is 0 Å². The summed E-state index contributed by atoms with van der Waals surface area (Å²) in [5.74, 6) is 0.697. The van der Waals surface area contributed by atoms with Gasteiger partial charge in [0.25, 0.3) is 11.8 Å². The molecule has 0 saturated carbocycles. The first kappa shape index (κ1) is 23.5. The van der Waals surface area contributed by atoms with Crippen LogP contribution in [0.4, 0.5) is 0 Å². The lowest BCUT2D eigenvalue weighted by atomic mass is 9.90. The number of imide groups is 1. The highest BCUT2D eigenvalue weighted by Crippen LogP contribution is 2.36. The Morgan fingerprint density at radius 2 is 1.68 bits per heavy atom. The lowest BCUT2D eigenvalue weighted by Crippen LogP contribution is -2.42. The first-order valence-corrected chi connectivity index (χ1v) is 11.8. The van der Waals surface area contributed by atoms with E-state index in [0.29, 0.717) is 42.7 Å². The van der Waals surface area contributed by atoms with Gasteiger partial charge in [-0.05, 0) is 56.1 Å². The maximum atomic E-state index is 13.5. The maximum absolute atomic E-state index is 13.5. The first-order chi connectivity index (χ1) is 14.8. The summed E-state index contributed by atoms with van der Waals surface area (Å²) in [6.07, 6.45) is 3.96. The summed E-state index contributed by atoms with van der Waals surface area (Å²) in [7, 11) is 0. The van der Waals surface area contributed by atoms with E-state index >= 15 is 0 Å². The molecule has 2 aliphatic rings. The average molecular weight is 427 g/mol. The van der Waals surface area contributed by atoms with Crippen LogP contribution >= 0.6 is 0 Å². The van der Waals surface area contributed by atoms with E-state index < -0.39 is 0 Å². The number of aryl methyl sites for hydroxylation is 2. The van der Waals surface area contributed by atoms with E-state index in [2.05, 4.69) is 31.7 Å². The zero-order chi connectivity index (χ0) is 22.5. The number of likely N-dealkylation sites (tertiary alicyclic amines) is 1. The number of hydrogen-bond acceptors (Lipinski definition) is 4. The lowest BCUT2D eigenvalue weighted by molar-refractivity contribution is -0.137. The minimum atomic E-state index is -0.161. The number of benzene rings is 1. The molecule has 2 amide bonds. The molecule has 0 aromatic heterocycles. The van der Waals surface area contributed by atoms with Crippen LogP contribution in [0.5, 0.6) is 0 Å². The number of amides is 2. The summed E-state index contributed by atoms with van der Waals surface area (Å²) in [5.41, 5.74) is 4.25. The summed E-state index contributed by atoms with van der Waals surface area (Å²) in [5, 5.41) is 0. The van der Waals surface area contributed by atoms with E-state index in [9.17, 15) is 9.59 Å². The van der Waals surface area contributed by atoms with Crippen molar-refractivity contribution in [2.45, 2.75) is 60.3 Å². The number of piperidine rings is 1. The summed E-state index contributed by atoms with van der Waals surface area (Å²) >= 11 is 0. The fraction of sp³-hybridized carbons (Fsp3) is 0.615. The number of ether oxygens (including phenoxy) is 1. The van der Waals surface area contributed by atoms with Gasteiger partial charge < -0.3 is 9.64 Å². The Morgan fingerprint density at radius 1 is 1.00 bits per heavy atom. The summed E-state index contributed by atoms with van der Waals surface area (Å²) < 4.78 is 5.65. The van der Waals surface area contributed by atoms with Crippen LogP contribution in [0, 0.1) is 25.7 Å². The van der Waals surface area contributed by atoms with Gasteiger partial charge in [-0.1, -0.05) is 51.0 Å². The van der Waals surface area contributed by atoms with Crippen LogP contribution in [0.2, 0.25) is 0 Å². The van der Waals surface area contributed by atoms with Crippen molar-refractivity contribution >= 4 is 17.4 Å². The van der Waals surface area contributed by atoms with Crippen molar-refractivity contribution in [3.05, 3.63) is 40.6 Å². The quantitative estimate of drug-likeness (QED) is 0.429. The minimum absolute atomic E-state index is 0.144. The molecule has 2 heterocycles. The zero-order valence-electron chi connectivity index (χ0n) is 19.9. The molecule has 1 aromatic rings. The van der Waals surface area contributed by atoms with Gasteiger partial charge in [-0.2, -0.15) is 0 Å². The summed E-state index contributed by atoms with van der Waals surface area (Å²) in [6, 6.07) is 6.11. The van der Waals surface area contributed by atoms with E-state index in [-0.39, 0.29) is 11.8 Å². The van der Waals surface area contributed by atoms with Gasteiger partial charge in [0.15, 0.2) is 0 Å². The minimum Gasteiger partial charge on any atom is -0.381 e. The van der Waals surface area contributed by atoms with Gasteiger partial charge in [-0.25, -0.2) is 0 Å². The Kier molecular flexibility index (Phi) is 7.93. The molecule has 2 aliphatic heterocycles. The van der Waals surface area contributed by atoms with Gasteiger partial charge in [0, 0.05) is 32.8 Å². The molecular weight excluding hydrogens is 388 g/mol. The summed E-state index contributed by atoms with van der Waals surface area (Å²) in [4.78, 5) is 30.7. The SMILES string of the molecule is CCCCOCCCN1C(=O)C(c2ccc(C)cc2C)=C(N2CC(C)CC(C)C2)C1=O. The highest BCUT2D eigenvalue weighted by molar-refractivity contribution is 6.35. The van der Waals surface area contributed by atoms with Gasteiger partial charge >= 0.3 is 0 Å². The molecule has 5 heteroatoms. The first-order valence-electron chi connectivity index (χ1n) is 11.8. The number of carbonyl (C=O) groups is 2. The zero-order valence-corrected chi connectivity index (χ0v) is 19.9. The molecule has 2 atom stereocenters. The van der Waals surface area contributed by atoms with Crippen LogP contribution in [0.3, 0.4) is 0 Å². The Hall–Kier alpha value is -2.14. The third-order valence-electron chi connectivity index (χ3n) is 6.29. The highest BCUT2D eigenvalue weighted by atomic mass is 16.5. The Labute approximate surface area is 187 Å². The molecular formula is C26H38N2O3. The monoisotopic (exact) mass is 426 g/mol. The van der Waals surface area contributed by atoms with Crippen LogP contribution in [0.1, 0.15) is 63.1 Å². The smallest absolute Gasteiger partial charge is 0.277 e. The van der Waals surface area contributed by atoms with Gasteiger partial charge in [-0.15, -0.1) is 0 Å². The van der Waals surface area contributed by atoms with Crippen LogP contribution in [0.25, 0.3) is 5.57 Å². The maximum Gasteiger partial charge on any atom is 0.277 e. The van der Waals surface area contributed by atoms with E-state index in [4.69, 9.17) is 4.74 Å². The molecule has 31 heavy (non-hydrogen) atoms. The van der Waals surface area contributed by atoms with Crippen LogP contribution in [0.15, 0.2) is 23.9 Å². The molecule has 1 aromatic carbocycles. The van der Waals surface area contributed by atoms with Crippen molar-refractivity contribution in [1.29, 1.82) is 0 Å². The van der Waals surface area contributed by atoms with Gasteiger partial charge in [-0.3, -0.25) is 14.5 Å². The van der Waals surface area contributed by atoms with Crippen molar-refractivity contribution in [2.75, 3.05) is 32.8 Å². The van der Waals surface area contributed by atoms with Crippen molar-refractivity contribution in [1.82, 2.24) is 9.80 Å². The normalized spacial score (nSPS) is 22.1. The molecule has 3 rings (SSSR count). The predicted octanol–water partition coefficient (Wildman–Crippen LogP) is 4.57. The topological polar surface area (TPSA) is 49.9 Å². The standard InChI is InChI=1S/C26H38N2O3/c1-6-7-12-31-13-8-11-28-25(29)23(22-10-9-18(2)15-21(22)5)24(26(28)30)27-16-19(3)14-20(4)17-27/h9-10,15,19-20H,6-8,11-14,16-17H2,1-5H3. The number of rotatable bonds is 9. The fourth-order valence-electron chi connectivity index (χ4n) is 4.92. The average Bonchev–Trinajstić information content (AvgIpc) is 2.94. The third-order valence-corrected chi connectivity index (χ3v) is 6.29. The van der Waals surface area contributed by atoms with Crippen molar-refractivity contribution in [3.63, 3.8) is 0 Å². The summed E-state index contributed by atoms with van der Waals surface area (Å²) in [6.45, 7) is 14.0. The van der Waals surface area contributed by atoms with Crippen LogP contribution in [-0.4, -0.2) is 54.5 Å². The van der Waals surface area contributed by atoms with Crippen LogP contribution < -0.4 is 0 Å². The second-order valence-electron chi connectivity index (χ2n) is 9.47. The molecule has 0 N–H and O–H groups in total. The van der Waals surface area contributed by atoms with E-state index in [1.54, 1.807) is 0 Å². The highest BCUT2D eigenvalue weighted by Gasteiger charge is 2.42. The van der Waals surface area contributed by atoms with Crippen molar-refractivity contribution in [2.24, 2.45) is 11.8 Å². The lowest BCUT2D eigenvalue weighted by Gasteiger charge is -2.37. The number of unbranched alkanes of at least 4 members (excludes halogenated alkanes) is 1. The second kappa shape index (κ2) is 10.4. The molecule has 0 aliphatic carbocycles. The number of hydrogen-bond donors (Lipinski definition) is 0. The Morgan fingerprint density at radius 3 is 2.32 bits per heavy atom. The molecule has 170 valence electrons. The number of carbonyl (C=O) groups excluding carboxylic acids is 2. The fourth-order valence-corrected chi connectivity index (χ4v) is 4.92. The Bertz CT molecular complexity index is 835.